The van der Waals surface area contributed by atoms with Gasteiger partial charge in [-0.05, 0) is 20.0 Å². The van der Waals surface area contributed by atoms with Gasteiger partial charge in [-0.15, -0.1) is 11.3 Å². The number of ether oxygens (including phenoxy) is 1. The number of alkyl halides is 3. The van der Waals surface area contributed by atoms with Gasteiger partial charge in [-0.2, -0.15) is 13.2 Å². The zero-order valence-corrected chi connectivity index (χ0v) is 20.1. The van der Waals surface area contributed by atoms with Gasteiger partial charge >= 0.3 is 12.3 Å². The van der Waals surface area contributed by atoms with Crippen LogP contribution in [0.15, 0.2) is 11.4 Å². The molecule has 12 heteroatoms. The summed E-state index contributed by atoms with van der Waals surface area (Å²) >= 11 is 0.860. The molecule has 1 atom stereocenters. The number of carbonyl (C=O) groups is 2. The van der Waals surface area contributed by atoms with Gasteiger partial charge in [0, 0.05) is 64.0 Å². The topological polar surface area (TPSA) is 78.0 Å². The Kier molecular flexibility index (Phi) is 6.90. The molecule has 2 fully saturated rings. The van der Waals surface area contributed by atoms with Crippen molar-refractivity contribution in [3.8, 4) is 0 Å². The first kappa shape index (κ1) is 24.5. The molecule has 2 amide bonds. The van der Waals surface area contributed by atoms with Crippen molar-refractivity contribution in [3.63, 3.8) is 0 Å². The van der Waals surface area contributed by atoms with Gasteiger partial charge < -0.3 is 24.8 Å². The van der Waals surface area contributed by atoms with Crippen LogP contribution in [-0.4, -0.2) is 85.7 Å². The lowest BCUT2D eigenvalue weighted by atomic mass is 10.1. The molecule has 0 saturated carbocycles. The number of halogens is 3. The maximum atomic E-state index is 13.8. The summed E-state index contributed by atoms with van der Waals surface area (Å²) in [7, 11) is 3.44. The van der Waals surface area contributed by atoms with Gasteiger partial charge in [-0.1, -0.05) is 0 Å². The predicted molar refractivity (Wildman–Crippen MR) is 123 cm³/mol. The highest BCUT2D eigenvalue weighted by Gasteiger charge is 2.36. The highest BCUT2D eigenvalue weighted by Crippen LogP contribution is 2.40. The molecule has 0 spiro atoms. The number of pyridine rings is 1. The van der Waals surface area contributed by atoms with E-state index in [2.05, 4.69) is 15.2 Å². The first-order valence-electron chi connectivity index (χ1n) is 11.2. The number of hydrogen-bond acceptors (Lipinski definition) is 7. The molecule has 8 nitrogen and oxygen atoms in total. The Morgan fingerprint density at radius 3 is 2.53 bits per heavy atom. The Labute approximate surface area is 199 Å². The zero-order chi connectivity index (χ0) is 24.6. The van der Waals surface area contributed by atoms with Gasteiger partial charge in [0.2, 0.25) is 0 Å². The van der Waals surface area contributed by atoms with E-state index < -0.39 is 17.6 Å². The van der Waals surface area contributed by atoms with E-state index in [4.69, 9.17) is 4.74 Å². The lowest BCUT2D eigenvalue weighted by Gasteiger charge is -2.39. The van der Waals surface area contributed by atoms with Crippen LogP contribution in [-0.2, 0) is 10.9 Å². The van der Waals surface area contributed by atoms with E-state index >= 15 is 0 Å². The number of fused-ring (bicyclic) bond motifs is 1. The maximum Gasteiger partial charge on any atom is 0.417 e. The van der Waals surface area contributed by atoms with E-state index in [1.165, 1.54) is 12.4 Å². The van der Waals surface area contributed by atoms with E-state index in [-0.39, 0.29) is 39.8 Å². The number of piperidine rings is 1. The smallest absolute Gasteiger partial charge is 0.417 e. The second-order valence-electron chi connectivity index (χ2n) is 8.81. The standard InChI is InChI=1S/C22H28F3N5O3S/c1-13-11-28(3)8-9-30(13)21(32)33-14-4-6-29(7-5-14)17-10-16(22(23,24)25)19-18(27-17)15(12-34-19)20(31)26-2/h10,12-14H,4-9,11H2,1-3H3,(H,26,31)/t13-/m0/s1. The summed E-state index contributed by atoms with van der Waals surface area (Å²) in [5.41, 5.74) is -0.628. The van der Waals surface area contributed by atoms with Crippen LogP contribution >= 0.6 is 11.3 Å². The van der Waals surface area contributed by atoms with Crippen molar-refractivity contribution in [1.29, 1.82) is 0 Å². The molecule has 0 bridgehead atoms. The molecule has 2 saturated heterocycles. The van der Waals surface area contributed by atoms with Crippen molar-refractivity contribution >= 4 is 39.4 Å². The Balaban J connectivity index is 1.48. The van der Waals surface area contributed by atoms with Crippen LogP contribution in [0.5, 0.6) is 0 Å². The number of aromatic nitrogens is 1. The molecule has 186 valence electrons. The summed E-state index contributed by atoms with van der Waals surface area (Å²) in [5.74, 6) is -0.311. The van der Waals surface area contributed by atoms with Crippen molar-refractivity contribution in [2.75, 3.05) is 51.7 Å². The highest BCUT2D eigenvalue weighted by atomic mass is 32.1. The molecule has 2 aliphatic rings. The SMILES string of the molecule is CNC(=O)c1csc2c(C(F)(F)F)cc(N3CCC(OC(=O)N4CCN(C)C[C@@H]4C)CC3)nc12. The molecule has 2 aromatic heterocycles. The molecule has 34 heavy (non-hydrogen) atoms. The second kappa shape index (κ2) is 9.57. The number of nitrogens with one attached hydrogen (secondary N) is 1. The van der Waals surface area contributed by atoms with Crippen molar-refractivity contribution < 1.29 is 27.5 Å². The van der Waals surface area contributed by atoms with Crippen molar-refractivity contribution in [1.82, 2.24) is 20.1 Å². The van der Waals surface area contributed by atoms with Crippen LogP contribution in [0.4, 0.5) is 23.8 Å². The molecule has 4 heterocycles. The van der Waals surface area contributed by atoms with Crippen LogP contribution in [0, 0.1) is 0 Å². The fourth-order valence-electron chi connectivity index (χ4n) is 4.49. The number of hydrogen-bond donors (Lipinski definition) is 1. The molecule has 0 unspecified atom stereocenters. The minimum absolute atomic E-state index is 0.0479. The fourth-order valence-corrected chi connectivity index (χ4v) is 5.51. The van der Waals surface area contributed by atoms with Gasteiger partial charge in [0.1, 0.15) is 11.9 Å². The van der Waals surface area contributed by atoms with E-state index in [9.17, 15) is 22.8 Å². The van der Waals surface area contributed by atoms with Crippen LogP contribution in [0.2, 0.25) is 0 Å². The van der Waals surface area contributed by atoms with Gasteiger partial charge in [-0.25, -0.2) is 9.78 Å². The summed E-state index contributed by atoms with van der Waals surface area (Å²) in [4.78, 5) is 34.9. The largest absolute Gasteiger partial charge is 0.446 e. The van der Waals surface area contributed by atoms with Crippen molar-refractivity contribution in [3.05, 3.63) is 22.6 Å². The average Bonchev–Trinajstić information content (AvgIpc) is 3.21. The third kappa shape index (κ3) is 4.92. The fraction of sp³-hybridized carbons (Fsp3) is 0.591. The maximum absolute atomic E-state index is 13.8. The number of nitrogens with zero attached hydrogens (tertiary/aromatic N) is 4. The number of anilines is 1. The summed E-state index contributed by atoms with van der Waals surface area (Å²) in [6.45, 7) is 4.94. The predicted octanol–water partition coefficient (Wildman–Crippen LogP) is 3.42. The number of thiophene rings is 1. The molecule has 4 rings (SSSR count). The van der Waals surface area contributed by atoms with Crippen molar-refractivity contribution in [2.45, 2.75) is 38.1 Å². The van der Waals surface area contributed by atoms with E-state index in [0.29, 0.717) is 32.5 Å². The minimum Gasteiger partial charge on any atom is -0.446 e. The summed E-state index contributed by atoms with van der Waals surface area (Å²) in [6.07, 6.45) is -4.24. The Hall–Kier alpha value is -2.60. The van der Waals surface area contributed by atoms with E-state index in [1.807, 2.05) is 14.0 Å². The quantitative estimate of drug-likeness (QED) is 0.698. The number of piperazine rings is 1. The second-order valence-corrected chi connectivity index (χ2v) is 9.69. The number of amides is 2. The van der Waals surface area contributed by atoms with E-state index in [0.717, 1.165) is 30.5 Å². The molecule has 0 aromatic carbocycles. The Bertz CT molecular complexity index is 1070. The van der Waals surface area contributed by atoms with Crippen LogP contribution in [0.25, 0.3) is 10.2 Å². The summed E-state index contributed by atoms with van der Waals surface area (Å²) in [5, 5.41) is 3.85. The van der Waals surface area contributed by atoms with E-state index in [1.54, 1.807) is 9.80 Å². The Morgan fingerprint density at radius 1 is 1.21 bits per heavy atom. The normalized spacial score (nSPS) is 20.6. The zero-order valence-electron chi connectivity index (χ0n) is 19.3. The number of rotatable bonds is 3. The van der Waals surface area contributed by atoms with Crippen LogP contribution in [0.3, 0.4) is 0 Å². The molecular formula is C22H28F3N5O3S. The van der Waals surface area contributed by atoms with Gasteiger partial charge in [0.05, 0.1) is 21.3 Å². The summed E-state index contributed by atoms with van der Waals surface area (Å²) in [6, 6.07) is 1.10. The monoisotopic (exact) mass is 499 g/mol. The molecule has 2 aliphatic heterocycles. The highest BCUT2D eigenvalue weighted by molar-refractivity contribution is 7.17. The molecule has 2 aromatic rings. The van der Waals surface area contributed by atoms with Gasteiger partial charge in [-0.3, -0.25) is 4.79 Å². The third-order valence-corrected chi connectivity index (χ3v) is 7.39. The van der Waals surface area contributed by atoms with Gasteiger partial charge in [0.15, 0.2) is 0 Å². The van der Waals surface area contributed by atoms with Crippen LogP contribution < -0.4 is 10.2 Å². The molecule has 1 N–H and O–H groups in total. The van der Waals surface area contributed by atoms with Gasteiger partial charge in [0.25, 0.3) is 5.91 Å². The molecule has 0 radical (unpaired) electrons. The number of carbonyl (C=O) groups excluding carboxylic acids is 2. The lowest BCUT2D eigenvalue weighted by Crippen LogP contribution is -2.53. The number of likely N-dealkylation sites (N-methyl/N-ethyl adjacent to an activating group) is 1. The third-order valence-electron chi connectivity index (χ3n) is 6.38. The average molecular weight is 500 g/mol. The molecule has 0 aliphatic carbocycles. The molecular weight excluding hydrogens is 471 g/mol. The first-order chi connectivity index (χ1) is 16.1. The first-order valence-corrected chi connectivity index (χ1v) is 12.1. The Morgan fingerprint density at radius 2 is 1.91 bits per heavy atom. The van der Waals surface area contributed by atoms with Crippen molar-refractivity contribution in [2.24, 2.45) is 0 Å². The van der Waals surface area contributed by atoms with Crippen LogP contribution in [0.1, 0.15) is 35.7 Å². The minimum atomic E-state index is -4.58. The lowest BCUT2D eigenvalue weighted by molar-refractivity contribution is -0.136. The summed E-state index contributed by atoms with van der Waals surface area (Å²) < 4.78 is 47.0.